The molecular formula is C23H31N3O. The highest BCUT2D eigenvalue weighted by atomic mass is 16.2. The van der Waals surface area contributed by atoms with E-state index in [2.05, 4.69) is 42.3 Å². The first-order chi connectivity index (χ1) is 12.9. The van der Waals surface area contributed by atoms with Gasteiger partial charge < -0.3 is 10.2 Å². The van der Waals surface area contributed by atoms with Crippen LogP contribution in [0.5, 0.6) is 0 Å². The van der Waals surface area contributed by atoms with E-state index in [1.807, 2.05) is 31.1 Å². The molecule has 0 unspecified atom stereocenters. The molecule has 3 rings (SSSR count). The van der Waals surface area contributed by atoms with E-state index in [9.17, 15) is 4.79 Å². The maximum Gasteiger partial charge on any atom is 0.248 e. The molecule has 0 bridgehead atoms. The number of carbonyl (C=O) groups excluding carboxylic acids is 1. The molecule has 4 nitrogen and oxygen atoms in total. The molecule has 0 spiro atoms. The lowest BCUT2D eigenvalue weighted by molar-refractivity contribution is -0.136. The Bertz CT molecular complexity index is 809. The Kier molecular flexibility index (Phi) is 5.83. The predicted octanol–water partition coefficient (Wildman–Crippen LogP) is 4.78. The van der Waals surface area contributed by atoms with Crippen molar-refractivity contribution in [1.82, 2.24) is 9.88 Å². The molecule has 4 heteroatoms. The van der Waals surface area contributed by atoms with Crippen LogP contribution in [0.4, 0.5) is 5.69 Å². The smallest absolute Gasteiger partial charge is 0.248 e. The molecule has 0 radical (unpaired) electrons. The number of hydrogen-bond donors (Lipinski definition) is 1. The van der Waals surface area contributed by atoms with Gasteiger partial charge >= 0.3 is 0 Å². The monoisotopic (exact) mass is 365 g/mol. The van der Waals surface area contributed by atoms with E-state index in [1.54, 1.807) is 6.20 Å². The Hall–Kier alpha value is -2.36. The van der Waals surface area contributed by atoms with Crippen LogP contribution in [0.15, 0.2) is 36.7 Å². The highest BCUT2D eigenvalue weighted by Gasteiger charge is 2.41. The van der Waals surface area contributed by atoms with Crippen LogP contribution in [0, 0.1) is 20.8 Å². The first-order valence-electron chi connectivity index (χ1n) is 9.92. The van der Waals surface area contributed by atoms with Gasteiger partial charge in [-0.05, 0) is 74.1 Å². The van der Waals surface area contributed by atoms with Crippen molar-refractivity contribution in [3.05, 3.63) is 58.9 Å². The molecule has 1 amide bonds. The molecule has 1 aromatic carbocycles. The SMILES string of the molecule is Cc1ccc(NC2(C(=O)N(C)Cc3ccncc3C)CCCCC2)cc1C. The minimum atomic E-state index is -0.504. The first-order valence-corrected chi connectivity index (χ1v) is 9.92. The Morgan fingerprint density at radius 3 is 2.48 bits per heavy atom. The second-order valence-electron chi connectivity index (χ2n) is 8.03. The van der Waals surface area contributed by atoms with Gasteiger partial charge in [0.2, 0.25) is 5.91 Å². The number of hydrogen-bond acceptors (Lipinski definition) is 3. The van der Waals surface area contributed by atoms with Gasteiger partial charge in [0.25, 0.3) is 0 Å². The summed E-state index contributed by atoms with van der Waals surface area (Å²) in [5, 5.41) is 3.64. The Morgan fingerprint density at radius 2 is 1.81 bits per heavy atom. The van der Waals surface area contributed by atoms with Crippen LogP contribution < -0.4 is 5.32 Å². The summed E-state index contributed by atoms with van der Waals surface area (Å²) in [6.07, 6.45) is 8.81. The number of nitrogens with zero attached hydrogens (tertiary/aromatic N) is 2. The number of anilines is 1. The first kappa shape index (κ1) is 19.4. The van der Waals surface area contributed by atoms with E-state index in [0.29, 0.717) is 6.54 Å². The number of amides is 1. The fraction of sp³-hybridized carbons (Fsp3) is 0.478. The third-order valence-electron chi connectivity index (χ3n) is 5.90. The molecule has 144 valence electrons. The van der Waals surface area contributed by atoms with Crippen LogP contribution >= 0.6 is 0 Å². The highest BCUT2D eigenvalue weighted by molar-refractivity contribution is 5.89. The van der Waals surface area contributed by atoms with E-state index in [1.165, 1.54) is 17.5 Å². The number of rotatable bonds is 5. The van der Waals surface area contributed by atoms with Gasteiger partial charge in [0, 0.05) is 31.7 Å². The number of aryl methyl sites for hydroxylation is 3. The van der Waals surface area contributed by atoms with Crippen LogP contribution in [0.3, 0.4) is 0 Å². The summed E-state index contributed by atoms with van der Waals surface area (Å²) < 4.78 is 0. The van der Waals surface area contributed by atoms with Crippen LogP contribution in [-0.2, 0) is 11.3 Å². The van der Waals surface area contributed by atoms with Crippen molar-refractivity contribution >= 4 is 11.6 Å². The maximum atomic E-state index is 13.5. The van der Waals surface area contributed by atoms with Gasteiger partial charge in [0.1, 0.15) is 5.54 Å². The summed E-state index contributed by atoms with van der Waals surface area (Å²) in [4.78, 5) is 19.6. The van der Waals surface area contributed by atoms with E-state index in [-0.39, 0.29) is 5.91 Å². The number of carbonyl (C=O) groups is 1. The Labute approximate surface area is 163 Å². The van der Waals surface area contributed by atoms with Crippen LogP contribution in [0.25, 0.3) is 0 Å². The topological polar surface area (TPSA) is 45.2 Å². The lowest BCUT2D eigenvalue weighted by Gasteiger charge is -2.40. The van der Waals surface area contributed by atoms with Crippen molar-refractivity contribution in [1.29, 1.82) is 0 Å². The van der Waals surface area contributed by atoms with Gasteiger partial charge in [-0.3, -0.25) is 9.78 Å². The van der Waals surface area contributed by atoms with Crippen LogP contribution in [-0.4, -0.2) is 28.4 Å². The van der Waals surface area contributed by atoms with Crippen molar-refractivity contribution in [3.63, 3.8) is 0 Å². The van der Waals surface area contributed by atoms with Gasteiger partial charge in [-0.2, -0.15) is 0 Å². The zero-order valence-corrected chi connectivity index (χ0v) is 17.0. The third kappa shape index (κ3) is 4.32. The normalized spacial score (nSPS) is 16.0. The van der Waals surface area contributed by atoms with Crippen molar-refractivity contribution < 1.29 is 4.79 Å². The summed E-state index contributed by atoms with van der Waals surface area (Å²) in [5.74, 6) is 0.191. The fourth-order valence-corrected chi connectivity index (χ4v) is 4.02. The van der Waals surface area contributed by atoms with Gasteiger partial charge in [-0.25, -0.2) is 0 Å². The molecule has 1 aliphatic carbocycles. The quantitative estimate of drug-likeness (QED) is 0.829. The summed E-state index contributed by atoms with van der Waals surface area (Å²) in [5.41, 5.74) is 5.33. The molecular weight excluding hydrogens is 334 g/mol. The predicted molar refractivity (Wildman–Crippen MR) is 111 cm³/mol. The minimum Gasteiger partial charge on any atom is -0.371 e. The Morgan fingerprint density at radius 1 is 1.07 bits per heavy atom. The maximum absolute atomic E-state index is 13.5. The molecule has 1 fully saturated rings. The number of nitrogens with one attached hydrogen (secondary N) is 1. The number of aromatic nitrogens is 1. The van der Waals surface area contributed by atoms with Crippen molar-refractivity contribution in [2.75, 3.05) is 12.4 Å². The van der Waals surface area contributed by atoms with E-state index in [0.717, 1.165) is 42.5 Å². The van der Waals surface area contributed by atoms with E-state index >= 15 is 0 Å². The second-order valence-corrected chi connectivity index (χ2v) is 8.03. The fourth-order valence-electron chi connectivity index (χ4n) is 4.02. The number of benzene rings is 1. The standard InChI is InChI=1S/C23H31N3O/c1-17-8-9-21(14-18(17)2)25-23(11-6-5-7-12-23)22(27)26(4)16-20-10-13-24-15-19(20)3/h8-10,13-15,25H,5-7,11-12,16H2,1-4H3. The van der Waals surface area contributed by atoms with Gasteiger partial charge in [0.15, 0.2) is 0 Å². The Balaban J connectivity index is 1.83. The average Bonchev–Trinajstić information content (AvgIpc) is 2.66. The van der Waals surface area contributed by atoms with E-state index in [4.69, 9.17) is 0 Å². The zero-order valence-electron chi connectivity index (χ0n) is 17.0. The molecule has 0 saturated heterocycles. The average molecular weight is 366 g/mol. The zero-order chi connectivity index (χ0) is 19.4. The van der Waals surface area contributed by atoms with Crippen LogP contribution in [0.1, 0.15) is 54.4 Å². The minimum absolute atomic E-state index is 0.191. The largest absolute Gasteiger partial charge is 0.371 e. The van der Waals surface area contributed by atoms with Gasteiger partial charge in [0.05, 0.1) is 0 Å². The summed E-state index contributed by atoms with van der Waals surface area (Å²) in [7, 11) is 1.92. The number of likely N-dealkylation sites (N-methyl/N-ethyl adjacent to an activating group) is 1. The van der Waals surface area contributed by atoms with Crippen molar-refractivity contribution in [2.45, 2.75) is 65.0 Å². The molecule has 1 heterocycles. The molecule has 27 heavy (non-hydrogen) atoms. The molecule has 1 aromatic heterocycles. The summed E-state index contributed by atoms with van der Waals surface area (Å²) in [6, 6.07) is 8.39. The lowest BCUT2D eigenvalue weighted by Crippen LogP contribution is -2.54. The molecule has 1 N–H and O–H groups in total. The van der Waals surface area contributed by atoms with E-state index < -0.39 is 5.54 Å². The number of pyridine rings is 1. The van der Waals surface area contributed by atoms with Gasteiger partial charge in [-0.15, -0.1) is 0 Å². The summed E-state index contributed by atoms with van der Waals surface area (Å²) >= 11 is 0. The summed E-state index contributed by atoms with van der Waals surface area (Å²) in [6.45, 7) is 6.90. The van der Waals surface area contributed by atoms with Crippen molar-refractivity contribution in [2.24, 2.45) is 0 Å². The van der Waals surface area contributed by atoms with Gasteiger partial charge in [-0.1, -0.05) is 25.3 Å². The highest BCUT2D eigenvalue weighted by Crippen LogP contribution is 2.34. The second kappa shape index (κ2) is 8.12. The van der Waals surface area contributed by atoms with Crippen LogP contribution in [0.2, 0.25) is 0 Å². The molecule has 1 aliphatic rings. The van der Waals surface area contributed by atoms with Crippen molar-refractivity contribution in [3.8, 4) is 0 Å². The third-order valence-corrected chi connectivity index (χ3v) is 5.90. The molecule has 0 atom stereocenters. The molecule has 2 aromatic rings. The lowest BCUT2D eigenvalue weighted by atomic mass is 9.80. The molecule has 1 saturated carbocycles. The molecule has 0 aliphatic heterocycles.